The van der Waals surface area contributed by atoms with Crippen molar-refractivity contribution >= 4 is 23.1 Å². The Balaban J connectivity index is 1.44. The summed E-state index contributed by atoms with van der Waals surface area (Å²) in [5.41, 5.74) is 0.817. The minimum absolute atomic E-state index is 0.233. The number of nitrogens with zero attached hydrogens (tertiary/aromatic N) is 4. The van der Waals surface area contributed by atoms with Gasteiger partial charge in [-0.3, -0.25) is 14.2 Å². The summed E-state index contributed by atoms with van der Waals surface area (Å²) in [6.07, 6.45) is 5.42. The Labute approximate surface area is 181 Å². The standard InChI is InChI=1S/C22H19FN6O3/c23-13-3-1-4-14(11-13)28-9-2-5-17(22(28)32)25-19-8-10-29-20(27-19)15(12-24-29)21(31)26-16-6-7-18(16)30/h1-5,8-12,16,18,30H,6-7H2,(H,25,27)(H,26,31)/t16-,18-/m1/s1. The Kier molecular flexibility index (Phi) is 4.91. The highest BCUT2D eigenvalue weighted by Crippen LogP contribution is 2.21. The molecule has 0 bridgehead atoms. The first kappa shape index (κ1) is 19.9. The van der Waals surface area contributed by atoms with Crippen molar-refractivity contribution in [2.45, 2.75) is 25.0 Å². The lowest BCUT2D eigenvalue weighted by molar-refractivity contribution is 0.0448. The predicted molar refractivity (Wildman–Crippen MR) is 115 cm³/mol. The molecule has 0 saturated heterocycles. The van der Waals surface area contributed by atoms with E-state index in [0.29, 0.717) is 23.6 Å². The molecule has 0 unspecified atom stereocenters. The first-order valence-electron chi connectivity index (χ1n) is 10.1. The number of benzene rings is 1. The van der Waals surface area contributed by atoms with E-state index in [1.165, 1.54) is 33.5 Å². The quantitative estimate of drug-likeness (QED) is 0.443. The molecule has 3 aromatic heterocycles. The van der Waals surface area contributed by atoms with Crippen LogP contribution in [0.1, 0.15) is 23.2 Å². The van der Waals surface area contributed by atoms with Crippen molar-refractivity contribution in [1.29, 1.82) is 0 Å². The smallest absolute Gasteiger partial charge is 0.278 e. The monoisotopic (exact) mass is 434 g/mol. The van der Waals surface area contributed by atoms with E-state index in [9.17, 15) is 19.1 Å². The molecule has 1 saturated carbocycles. The van der Waals surface area contributed by atoms with Crippen LogP contribution in [0.3, 0.4) is 0 Å². The molecule has 1 amide bonds. The summed E-state index contributed by atoms with van der Waals surface area (Å²) < 4.78 is 16.4. The Morgan fingerprint density at radius 1 is 1.16 bits per heavy atom. The number of aliphatic hydroxyl groups excluding tert-OH is 1. The van der Waals surface area contributed by atoms with Crippen molar-refractivity contribution in [2.24, 2.45) is 0 Å². The van der Waals surface area contributed by atoms with Gasteiger partial charge in [-0.25, -0.2) is 13.9 Å². The van der Waals surface area contributed by atoms with Gasteiger partial charge in [-0.15, -0.1) is 0 Å². The second-order valence-corrected chi connectivity index (χ2v) is 7.57. The van der Waals surface area contributed by atoms with E-state index in [0.717, 1.165) is 6.42 Å². The van der Waals surface area contributed by atoms with E-state index in [1.807, 2.05) is 0 Å². The molecular formula is C22H19FN6O3. The molecular weight excluding hydrogens is 415 g/mol. The molecule has 32 heavy (non-hydrogen) atoms. The molecule has 2 atom stereocenters. The lowest BCUT2D eigenvalue weighted by Gasteiger charge is -2.32. The number of amides is 1. The van der Waals surface area contributed by atoms with Crippen LogP contribution in [-0.2, 0) is 0 Å². The van der Waals surface area contributed by atoms with Gasteiger partial charge in [-0.05, 0) is 49.2 Å². The molecule has 0 aliphatic heterocycles. The third-order valence-electron chi connectivity index (χ3n) is 5.46. The van der Waals surface area contributed by atoms with Crippen molar-refractivity contribution < 1.29 is 14.3 Å². The molecule has 3 N–H and O–H groups in total. The van der Waals surface area contributed by atoms with Crippen LogP contribution in [0.2, 0.25) is 0 Å². The molecule has 0 radical (unpaired) electrons. The summed E-state index contributed by atoms with van der Waals surface area (Å²) in [6, 6.07) is 10.3. The highest BCUT2D eigenvalue weighted by molar-refractivity contribution is 6.00. The number of rotatable bonds is 5. The normalized spacial score (nSPS) is 17.7. The van der Waals surface area contributed by atoms with Crippen molar-refractivity contribution in [3.05, 3.63) is 82.8 Å². The molecule has 162 valence electrons. The Morgan fingerprint density at radius 2 is 2.03 bits per heavy atom. The first-order chi connectivity index (χ1) is 15.5. The van der Waals surface area contributed by atoms with Crippen LogP contribution >= 0.6 is 0 Å². The lowest BCUT2D eigenvalue weighted by Crippen LogP contribution is -2.50. The van der Waals surface area contributed by atoms with E-state index < -0.39 is 11.9 Å². The molecule has 1 fully saturated rings. The number of nitrogens with one attached hydrogen (secondary N) is 2. The van der Waals surface area contributed by atoms with Crippen LogP contribution in [0.15, 0.2) is 65.8 Å². The molecule has 10 heteroatoms. The average molecular weight is 434 g/mol. The van der Waals surface area contributed by atoms with Gasteiger partial charge in [0.25, 0.3) is 11.5 Å². The molecule has 1 aromatic carbocycles. The zero-order chi connectivity index (χ0) is 22.2. The van der Waals surface area contributed by atoms with Crippen LogP contribution in [-0.4, -0.2) is 42.3 Å². The van der Waals surface area contributed by atoms with Crippen molar-refractivity contribution in [3.8, 4) is 5.69 Å². The maximum atomic E-state index is 13.6. The Hall–Kier alpha value is -4.05. The fourth-order valence-corrected chi connectivity index (χ4v) is 3.55. The van der Waals surface area contributed by atoms with Gasteiger partial charge in [0.05, 0.1) is 24.0 Å². The second kappa shape index (κ2) is 7.89. The zero-order valence-electron chi connectivity index (χ0n) is 16.8. The summed E-state index contributed by atoms with van der Waals surface area (Å²) in [6.45, 7) is 0. The number of hydrogen-bond donors (Lipinski definition) is 3. The zero-order valence-corrected chi connectivity index (χ0v) is 16.8. The van der Waals surface area contributed by atoms with E-state index in [4.69, 9.17) is 0 Å². The van der Waals surface area contributed by atoms with Gasteiger partial charge in [0.2, 0.25) is 0 Å². The van der Waals surface area contributed by atoms with E-state index in [2.05, 4.69) is 20.7 Å². The number of halogens is 1. The number of aromatic nitrogens is 4. The molecule has 3 heterocycles. The third kappa shape index (κ3) is 3.60. The average Bonchev–Trinajstić information content (AvgIpc) is 3.21. The van der Waals surface area contributed by atoms with Gasteiger partial charge in [0.1, 0.15) is 22.9 Å². The molecule has 4 aromatic rings. The largest absolute Gasteiger partial charge is 0.391 e. The van der Waals surface area contributed by atoms with Crippen molar-refractivity contribution in [3.63, 3.8) is 0 Å². The van der Waals surface area contributed by atoms with Gasteiger partial charge >= 0.3 is 0 Å². The Morgan fingerprint density at radius 3 is 2.78 bits per heavy atom. The predicted octanol–water partition coefficient (Wildman–Crippen LogP) is 2.02. The molecule has 0 spiro atoms. The topological polar surface area (TPSA) is 114 Å². The molecule has 1 aliphatic carbocycles. The number of carbonyl (C=O) groups excluding carboxylic acids is 1. The maximum Gasteiger partial charge on any atom is 0.278 e. The van der Waals surface area contributed by atoms with Gasteiger partial charge in [0.15, 0.2) is 5.65 Å². The highest BCUT2D eigenvalue weighted by Gasteiger charge is 2.31. The van der Waals surface area contributed by atoms with E-state index in [-0.39, 0.29) is 28.8 Å². The number of aliphatic hydroxyl groups is 1. The summed E-state index contributed by atoms with van der Waals surface area (Å²) in [5.74, 6) is -0.479. The minimum Gasteiger partial charge on any atom is -0.391 e. The van der Waals surface area contributed by atoms with Crippen molar-refractivity contribution in [1.82, 2.24) is 24.5 Å². The number of carbonyl (C=O) groups is 1. The van der Waals surface area contributed by atoms with E-state index >= 15 is 0 Å². The maximum absolute atomic E-state index is 13.6. The van der Waals surface area contributed by atoms with Crippen LogP contribution < -0.4 is 16.2 Å². The third-order valence-corrected chi connectivity index (χ3v) is 5.46. The van der Waals surface area contributed by atoms with Gasteiger partial charge in [-0.1, -0.05) is 6.07 Å². The number of pyridine rings is 1. The molecule has 9 nitrogen and oxygen atoms in total. The van der Waals surface area contributed by atoms with Crippen LogP contribution in [0.4, 0.5) is 15.9 Å². The number of anilines is 2. The minimum atomic E-state index is -0.538. The van der Waals surface area contributed by atoms with Gasteiger partial charge < -0.3 is 15.7 Å². The highest BCUT2D eigenvalue weighted by atomic mass is 19.1. The summed E-state index contributed by atoms with van der Waals surface area (Å²) in [5, 5.41) is 19.6. The van der Waals surface area contributed by atoms with Crippen LogP contribution in [0.25, 0.3) is 11.3 Å². The lowest BCUT2D eigenvalue weighted by atomic mass is 9.89. The summed E-state index contributed by atoms with van der Waals surface area (Å²) in [4.78, 5) is 29.9. The van der Waals surface area contributed by atoms with Gasteiger partial charge in [0, 0.05) is 12.4 Å². The number of fused-ring (bicyclic) bond motifs is 1. The van der Waals surface area contributed by atoms with Crippen molar-refractivity contribution in [2.75, 3.05) is 5.32 Å². The summed E-state index contributed by atoms with van der Waals surface area (Å²) >= 11 is 0. The van der Waals surface area contributed by atoms with E-state index in [1.54, 1.807) is 36.7 Å². The molecule has 5 rings (SSSR count). The molecule has 1 aliphatic rings. The van der Waals surface area contributed by atoms with Crippen LogP contribution in [0.5, 0.6) is 0 Å². The fraction of sp³-hybridized carbons (Fsp3) is 0.182. The van der Waals surface area contributed by atoms with Crippen LogP contribution in [0, 0.1) is 5.82 Å². The fourth-order valence-electron chi connectivity index (χ4n) is 3.55. The summed E-state index contributed by atoms with van der Waals surface area (Å²) in [7, 11) is 0. The number of hydrogen-bond acceptors (Lipinski definition) is 6. The SMILES string of the molecule is O=C(N[C@@H]1CC[C@H]1O)c1cnn2ccc(Nc3cccn(-c4cccc(F)c4)c3=O)nc12. The van der Waals surface area contributed by atoms with Gasteiger partial charge in [-0.2, -0.15) is 5.10 Å². The second-order valence-electron chi connectivity index (χ2n) is 7.57. The first-order valence-corrected chi connectivity index (χ1v) is 10.1. The Bertz CT molecular complexity index is 1380.